The average molecular weight is 195 g/mol. The van der Waals surface area contributed by atoms with E-state index >= 15 is 0 Å². The topological polar surface area (TPSA) is 36.7 Å². The molecule has 0 amide bonds. The first kappa shape index (κ1) is 10.0. The van der Waals surface area contributed by atoms with E-state index in [2.05, 4.69) is 24.9 Å². The number of nitriles is 1. The fourth-order valence-corrected chi connectivity index (χ4v) is 1.41. The summed E-state index contributed by atoms with van der Waals surface area (Å²) in [5, 5.41) is 9.29. The van der Waals surface area contributed by atoms with Gasteiger partial charge in [-0.2, -0.15) is 5.26 Å². The number of nitrogens with zero attached hydrogens (tertiary/aromatic N) is 2. The maximum Gasteiger partial charge on any atom is 0.101 e. The minimum atomic E-state index is 0.445. The minimum absolute atomic E-state index is 0.445. The smallest absolute Gasteiger partial charge is 0.101 e. The van der Waals surface area contributed by atoms with Gasteiger partial charge in [0.25, 0.3) is 0 Å². The van der Waals surface area contributed by atoms with E-state index < -0.39 is 0 Å². The number of pyridine rings is 1. The van der Waals surface area contributed by atoms with Gasteiger partial charge in [-0.1, -0.05) is 25.4 Å². The summed E-state index contributed by atoms with van der Waals surface area (Å²) in [5.41, 5.74) is 1.50. The van der Waals surface area contributed by atoms with E-state index in [1.807, 2.05) is 0 Å². The molecule has 13 heavy (non-hydrogen) atoms. The van der Waals surface area contributed by atoms with Gasteiger partial charge in [0.2, 0.25) is 0 Å². The summed E-state index contributed by atoms with van der Waals surface area (Å²) in [7, 11) is 0. The zero-order valence-corrected chi connectivity index (χ0v) is 8.47. The SMILES string of the molecule is CC(C)Cc1cncc(Cl)c1C#N. The predicted octanol–water partition coefficient (Wildman–Crippen LogP) is 2.81. The fourth-order valence-electron chi connectivity index (χ4n) is 1.19. The molecule has 0 spiro atoms. The molecule has 0 saturated carbocycles. The van der Waals surface area contributed by atoms with Gasteiger partial charge >= 0.3 is 0 Å². The van der Waals surface area contributed by atoms with Crippen LogP contribution in [0.4, 0.5) is 0 Å². The van der Waals surface area contributed by atoms with Crippen LogP contribution in [-0.2, 0) is 6.42 Å². The zero-order chi connectivity index (χ0) is 9.84. The molecule has 0 saturated heterocycles. The molecule has 1 rings (SSSR count). The van der Waals surface area contributed by atoms with Gasteiger partial charge in [0.15, 0.2) is 0 Å². The number of rotatable bonds is 2. The molecule has 2 nitrogen and oxygen atoms in total. The van der Waals surface area contributed by atoms with Crippen molar-refractivity contribution in [2.75, 3.05) is 0 Å². The third kappa shape index (κ3) is 2.43. The number of halogens is 1. The summed E-state index contributed by atoms with van der Waals surface area (Å²) in [6.07, 6.45) is 4.06. The van der Waals surface area contributed by atoms with Crippen LogP contribution < -0.4 is 0 Å². The highest BCUT2D eigenvalue weighted by Gasteiger charge is 2.08. The van der Waals surface area contributed by atoms with Crippen molar-refractivity contribution in [3.05, 3.63) is 28.5 Å². The standard InChI is InChI=1S/C10H11ClN2/c1-7(2)3-8-5-13-6-10(11)9(8)4-12/h5-7H,3H2,1-2H3. The van der Waals surface area contributed by atoms with Crippen molar-refractivity contribution in [3.63, 3.8) is 0 Å². The van der Waals surface area contributed by atoms with Crippen LogP contribution in [0.15, 0.2) is 12.4 Å². The van der Waals surface area contributed by atoms with Gasteiger partial charge in [-0.05, 0) is 17.9 Å². The van der Waals surface area contributed by atoms with Gasteiger partial charge in [0.1, 0.15) is 6.07 Å². The Hall–Kier alpha value is -1.07. The monoisotopic (exact) mass is 194 g/mol. The molecule has 0 aromatic carbocycles. The van der Waals surface area contributed by atoms with E-state index in [4.69, 9.17) is 16.9 Å². The first-order valence-corrected chi connectivity index (χ1v) is 4.55. The van der Waals surface area contributed by atoms with Crippen LogP contribution in [-0.4, -0.2) is 4.98 Å². The molecular formula is C10H11ClN2. The Labute approximate surface area is 83.2 Å². The Morgan fingerprint density at radius 3 is 2.77 bits per heavy atom. The molecule has 0 aliphatic carbocycles. The third-order valence-corrected chi connectivity index (χ3v) is 2.00. The van der Waals surface area contributed by atoms with Crippen molar-refractivity contribution in [1.29, 1.82) is 5.26 Å². The van der Waals surface area contributed by atoms with E-state index in [1.165, 1.54) is 6.20 Å². The maximum absolute atomic E-state index is 8.85. The van der Waals surface area contributed by atoms with E-state index in [0.29, 0.717) is 16.5 Å². The maximum atomic E-state index is 8.85. The van der Waals surface area contributed by atoms with Crippen LogP contribution in [0.2, 0.25) is 5.02 Å². The van der Waals surface area contributed by atoms with Crippen LogP contribution in [0.3, 0.4) is 0 Å². The Balaban J connectivity index is 3.07. The number of hydrogen-bond donors (Lipinski definition) is 0. The minimum Gasteiger partial charge on any atom is -0.263 e. The van der Waals surface area contributed by atoms with Gasteiger partial charge in [-0.25, -0.2) is 0 Å². The lowest BCUT2D eigenvalue weighted by atomic mass is 10.0. The third-order valence-electron chi connectivity index (χ3n) is 1.72. The molecule has 0 aliphatic heterocycles. The molecule has 0 N–H and O–H groups in total. The van der Waals surface area contributed by atoms with E-state index in [-0.39, 0.29) is 0 Å². The average Bonchev–Trinajstić information content (AvgIpc) is 2.03. The lowest BCUT2D eigenvalue weighted by molar-refractivity contribution is 0.644. The highest BCUT2D eigenvalue weighted by Crippen LogP contribution is 2.19. The summed E-state index contributed by atoms with van der Waals surface area (Å²) in [5.74, 6) is 0.507. The Bertz CT molecular complexity index is 339. The first-order chi connectivity index (χ1) is 6.15. The Kier molecular flexibility index (Phi) is 3.27. The van der Waals surface area contributed by atoms with E-state index in [0.717, 1.165) is 12.0 Å². The Morgan fingerprint density at radius 1 is 1.54 bits per heavy atom. The van der Waals surface area contributed by atoms with Gasteiger partial charge < -0.3 is 0 Å². The lowest BCUT2D eigenvalue weighted by Gasteiger charge is -2.06. The van der Waals surface area contributed by atoms with Gasteiger partial charge in [0, 0.05) is 12.4 Å². The van der Waals surface area contributed by atoms with Crippen LogP contribution in [0.5, 0.6) is 0 Å². The molecular weight excluding hydrogens is 184 g/mol. The molecule has 1 aromatic heterocycles. The van der Waals surface area contributed by atoms with Crippen molar-refractivity contribution < 1.29 is 0 Å². The predicted molar refractivity (Wildman–Crippen MR) is 52.5 cm³/mol. The zero-order valence-electron chi connectivity index (χ0n) is 7.71. The summed E-state index contributed by atoms with van der Waals surface area (Å²) in [6, 6.07) is 2.10. The second-order valence-corrected chi connectivity index (χ2v) is 3.77. The summed E-state index contributed by atoms with van der Waals surface area (Å²) in [4.78, 5) is 3.96. The molecule has 0 fully saturated rings. The molecule has 0 bridgehead atoms. The molecule has 3 heteroatoms. The number of hydrogen-bond acceptors (Lipinski definition) is 2. The van der Waals surface area contributed by atoms with Crippen molar-refractivity contribution in [1.82, 2.24) is 4.98 Å². The second-order valence-electron chi connectivity index (χ2n) is 3.37. The molecule has 0 atom stereocenters. The van der Waals surface area contributed by atoms with Crippen molar-refractivity contribution in [3.8, 4) is 6.07 Å². The summed E-state index contributed by atoms with van der Waals surface area (Å²) < 4.78 is 0. The lowest BCUT2D eigenvalue weighted by Crippen LogP contribution is -1.98. The summed E-state index contributed by atoms with van der Waals surface area (Å²) in [6.45, 7) is 4.20. The molecule has 0 unspecified atom stereocenters. The number of aromatic nitrogens is 1. The fraction of sp³-hybridized carbons (Fsp3) is 0.400. The van der Waals surface area contributed by atoms with Crippen LogP contribution >= 0.6 is 11.6 Å². The highest BCUT2D eigenvalue weighted by molar-refractivity contribution is 6.31. The molecule has 0 aliphatic rings. The second kappa shape index (κ2) is 4.25. The van der Waals surface area contributed by atoms with Crippen molar-refractivity contribution >= 4 is 11.6 Å². The van der Waals surface area contributed by atoms with Gasteiger partial charge in [-0.15, -0.1) is 0 Å². The Morgan fingerprint density at radius 2 is 2.23 bits per heavy atom. The highest BCUT2D eigenvalue weighted by atomic mass is 35.5. The van der Waals surface area contributed by atoms with E-state index in [1.54, 1.807) is 6.20 Å². The summed E-state index contributed by atoms with van der Waals surface area (Å²) >= 11 is 5.83. The van der Waals surface area contributed by atoms with Crippen molar-refractivity contribution in [2.24, 2.45) is 5.92 Å². The first-order valence-electron chi connectivity index (χ1n) is 4.17. The largest absolute Gasteiger partial charge is 0.263 e. The molecule has 1 aromatic rings. The molecule has 1 heterocycles. The van der Waals surface area contributed by atoms with Gasteiger partial charge in [-0.3, -0.25) is 4.98 Å². The van der Waals surface area contributed by atoms with E-state index in [9.17, 15) is 0 Å². The normalized spacial score (nSPS) is 10.1. The molecule has 0 radical (unpaired) electrons. The van der Waals surface area contributed by atoms with Crippen LogP contribution in [0, 0.1) is 17.2 Å². The quantitative estimate of drug-likeness (QED) is 0.726. The van der Waals surface area contributed by atoms with Crippen LogP contribution in [0.1, 0.15) is 25.0 Å². The molecule has 68 valence electrons. The van der Waals surface area contributed by atoms with Gasteiger partial charge in [0.05, 0.1) is 10.6 Å². The van der Waals surface area contributed by atoms with Crippen LogP contribution in [0.25, 0.3) is 0 Å². The van der Waals surface area contributed by atoms with Crippen molar-refractivity contribution in [2.45, 2.75) is 20.3 Å².